The van der Waals surface area contributed by atoms with E-state index >= 15 is 0 Å². The Morgan fingerprint density at radius 3 is 2.35 bits per heavy atom. The molecule has 1 aromatic rings. The summed E-state index contributed by atoms with van der Waals surface area (Å²) in [7, 11) is 3.89. The SMILES string of the molecule is CC.CCOC(=O)/C=C/c1cc(F)c([B]OC(C)(C)C(C)(C)S)c(P)c1. The van der Waals surface area contributed by atoms with Crippen molar-refractivity contribution in [3.63, 3.8) is 0 Å². The Morgan fingerprint density at radius 1 is 1.31 bits per heavy atom. The predicted molar refractivity (Wildman–Crippen MR) is 116 cm³/mol. The van der Waals surface area contributed by atoms with Gasteiger partial charge in [0.2, 0.25) is 0 Å². The maximum absolute atomic E-state index is 14.4. The highest BCUT2D eigenvalue weighted by Gasteiger charge is 2.35. The molecular formula is C19H30BFO3PS. The van der Waals surface area contributed by atoms with Crippen LogP contribution in [0.1, 0.15) is 54.0 Å². The normalized spacial score (nSPS) is 11.8. The Balaban J connectivity index is 0.00000301. The molecule has 0 spiro atoms. The maximum Gasteiger partial charge on any atom is 0.334 e. The van der Waals surface area contributed by atoms with Gasteiger partial charge in [-0.15, -0.1) is 9.24 Å². The fraction of sp³-hybridized carbons (Fsp3) is 0.526. The molecule has 0 fully saturated rings. The van der Waals surface area contributed by atoms with E-state index in [-0.39, 0.29) is 0 Å². The number of ether oxygens (including phenoxy) is 1. The first-order valence-corrected chi connectivity index (χ1v) is 9.67. The Morgan fingerprint density at radius 2 is 1.88 bits per heavy atom. The first kappa shape index (κ1) is 25.2. The Bertz CT molecular complexity index is 605. The molecular weight excluding hydrogens is 369 g/mol. The van der Waals surface area contributed by atoms with Crippen LogP contribution in [0.25, 0.3) is 6.08 Å². The van der Waals surface area contributed by atoms with E-state index in [0.29, 0.717) is 22.9 Å². The summed E-state index contributed by atoms with van der Waals surface area (Å²) in [6, 6.07) is 3.09. The van der Waals surface area contributed by atoms with E-state index in [2.05, 4.69) is 21.9 Å². The highest BCUT2D eigenvalue weighted by molar-refractivity contribution is 7.81. The topological polar surface area (TPSA) is 35.5 Å². The summed E-state index contributed by atoms with van der Waals surface area (Å²) in [6.07, 6.45) is 2.79. The molecule has 0 heterocycles. The van der Waals surface area contributed by atoms with Gasteiger partial charge < -0.3 is 9.39 Å². The minimum atomic E-state index is -0.581. The number of thiol groups is 1. The molecule has 145 valence electrons. The van der Waals surface area contributed by atoms with E-state index in [4.69, 9.17) is 9.39 Å². The van der Waals surface area contributed by atoms with Crippen molar-refractivity contribution < 1.29 is 18.6 Å². The summed E-state index contributed by atoms with van der Waals surface area (Å²) in [5.41, 5.74) is 0.331. The lowest BCUT2D eigenvalue weighted by molar-refractivity contribution is -0.137. The quantitative estimate of drug-likeness (QED) is 0.250. The van der Waals surface area contributed by atoms with Crippen LogP contribution in [0.15, 0.2) is 18.2 Å². The lowest BCUT2D eigenvalue weighted by Gasteiger charge is -2.38. The first-order chi connectivity index (χ1) is 12.0. The highest BCUT2D eigenvalue weighted by atomic mass is 32.1. The summed E-state index contributed by atoms with van der Waals surface area (Å²) < 4.78 is 24.5. The molecule has 0 aliphatic heterocycles. The zero-order valence-corrected chi connectivity index (χ0v) is 18.8. The molecule has 26 heavy (non-hydrogen) atoms. The Labute approximate surface area is 166 Å². The highest BCUT2D eigenvalue weighted by Crippen LogP contribution is 2.30. The number of benzene rings is 1. The smallest absolute Gasteiger partial charge is 0.334 e. The zero-order valence-electron chi connectivity index (χ0n) is 16.7. The number of carbonyl (C=O) groups is 1. The number of esters is 1. The first-order valence-electron chi connectivity index (χ1n) is 8.65. The van der Waals surface area contributed by atoms with Gasteiger partial charge in [-0.05, 0) is 69.2 Å². The van der Waals surface area contributed by atoms with Crippen LogP contribution in [0.2, 0.25) is 0 Å². The second-order valence-electron chi connectivity index (χ2n) is 6.40. The molecule has 0 bridgehead atoms. The van der Waals surface area contributed by atoms with E-state index in [1.165, 1.54) is 25.7 Å². The lowest BCUT2D eigenvalue weighted by atomic mass is 9.83. The molecule has 1 rings (SSSR count). The molecule has 0 amide bonds. The van der Waals surface area contributed by atoms with Gasteiger partial charge in [0.15, 0.2) is 0 Å². The van der Waals surface area contributed by atoms with Crippen LogP contribution in [0.3, 0.4) is 0 Å². The fourth-order valence-corrected chi connectivity index (χ4v) is 2.04. The van der Waals surface area contributed by atoms with E-state index in [9.17, 15) is 9.18 Å². The van der Waals surface area contributed by atoms with Crippen molar-refractivity contribution in [2.24, 2.45) is 0 Å². The third kappa shape index (κ3) is 7.81. The molecule has 3 nitrogen and oxygen atoms in total. The van der Waals surface area contributed by atoms with Crippen molar-refractivity contribution in [2.45, 2.75) is 58.8 Å². The molecule has 0 aliphatic carbocycles. The van der Waals surface area contributed by atoms with Crippen molar-refractivity contribution in [3.8, 4) is 0 Å². The van der Waals surface area contributed by atoms with Gasteiger partial charge in [0.1, 0.15) is 5.82 Å². The van der Waals surface area contributed by atoms with Crippen LogP contribution >= 0.6 is 21.9 Å². The van der Waals surface area contributed by atoms with Crippen LogP contribution in [-0.4, -0.2) is 30.4 Å². The predicted octanol–water partition coefficient (Wildman–Crippen LogP) is 3.68. The summed E-state index contributed by atoms with van der Waals surface area (Å²) in [6.45, 7) is 13.7. The minimum absolute atomic E-state index is 0.301. The molecule has 1 radical (unpaired) electrons. The Hall–Kier alpha value is -0.835. The molecule has 7 heteroatoms. The van der Waals surface area contributed by atoms with E-state index in [1.807, 2.05) is 41.5 Å². The van der Waals surface area contributed by atoms with Gasteiger partial charge in [0.05, 0.1) is 12.2 Å². The summed E-state index contributed by atoms with van der Waals surface area (Å²) >= 11 is 4.52. The van der Waals surface area contributed by atoms with Crippen LogP contribution in [-0.2, 0) is 14.2 Å². The van der Waals surface area contributed by atoms with Gasteiger partial charge in [-0.25, -0.2) is 9.18 Å². The molecule has 0 saturated heterocycles. The molecule has 1 atom stereocenters. The number of carbonyl (C=O) groups excluding carboxylic acids is 1. The summed E-state index contributed by atoms with van der Waals surface area (Å²) in [4.78, 5) is 11.3. The molecule has 0 saturated carbocycles. The lowest BCUT2D eigenvalue weighted by Crippen LogP contribution is -2.47. The van der Waals surface area contributed by atoms with E-state index < -0.39 is 22.1 Å². The van der Waals surface area contributed by atoms with E-state index in [0.717, 1.165) is 0 Å². The van der Waals surface area contributed by atoms with Crippen LogP contribution < -0.4 is 10.8 Å². The molecule has 1 unspecified atom stereocenters. The van der Waals surface area contributed by atoms with Crippen molar-refractivity contribution in [3.05, 3.63) is 29.6 Å². The van der Waals surface area contributed by atoms with Gasteiger partial charge in [0.25, 0.3) is 0 Å². The minimum Gasteiger partial charge on any atom is -0.463 e. The number of halogens is 1. The van der Waals surface area contributed by atoms with Crippen LogP contribution in [0, 0.1) is 5.82 Å². The summed E-state index contributed by atoms with van der Waals surface area (Å²) in [5.74, 6) is -0.890. The van der Waals surface area contributed by atoms with Crippen LogP contribution in [0.4, 0.5) is 4.39 Å². The largest absolute Gasteiger partial charge is 0.463 e. The van der Waals surface area contributed by atoms with Crippen molar-refractivity contribution in [1.82, 2.24) is 0 Å². The molecule has 0 aliphatic rings. The van der Waals surface area contributed by atoms with Gasteiger partial charge in [-0.1, -0.05) is 13.8 Å². The summed E-state index contributed by atoms with van der Waals surface area (Å²) in [5, 5.41) is 0.631. The third-order valence-electron chi connectivity index (χ3n) is 3.83. The zero-order chi connectivity index (χ0) is 20.5. The van der Waals surface area contributed by atoms with Gasteiger partial charge in [0, 0.05) is 10.8 Å². The number of rotatable bonds is 7. The monoisotopic (exact) mass is 399 g/mol. The average Bonchev–Trinajstić information content (AvgIpc) is 2.53. The number of hydrogen-bond donors (Lipinski definition) is 1. The maximum atomic E-state index is 14.4. The standard InChI is InChI=1S/C17H24BFO3PS.C2H6/c1-6-21-14(20)8-7-11-9-12(19)15(13(23)10-11)18-22-16(2,3)17(4,5)24;1-2/h7-10,24H,6,23H2,1-5H3;1-2H3/b8-7+;. The van der Waals surface area contributed by atoms with Crippen molar-refractivity contribution >= 4 is 52.2 Å². The molecule has 0 N–H and O–H groups in total. The molecule has 1 aromatic carbocycles. The van der Waals surface area contributed by atoms with Crippen molar-refractivity contribution in [2.75, 3.05) is 6.61 Å². The van der Waals surface area contributed by atoms with Crippen LogP contribution in [0.5, 0.6) is 0 Å². The van der Waals surface area contributed by atoms with Gasteiger partial charge in [-0.2, -0.15) is 12.6 Å². The molecule has 0 aromatic heterocycles. The van der Waals surface area contributed by atoms with Gasteiger partial charge in [-0.3, -0.25) is 0 Å². The number of hydrogen-bond acceptors (Lipinski definition) is 4. The van der Waals surface area contributed by atoms with Crippen molar-refractivity contribution in [1.29, 1.82) is 0 Å². The Kier molecular flexibility index (Phi) is 10.8. The second-order valence-corrected chi connectivity index (χ2v) is 8.14. The van der Waals surface area contributed by atoms with E-state index in [1.54, 1.807) is 13.0 Å². The fourth-order valence-electron chi connectivity index (χ4n) is 1.59. The second kappa shape index (κ2) is 11.1. The third-order valence-corrected chi connectivity index (χ3v) is 4.84. The average molecular weight is 399 g/mol. The van der Waals surface area contributed by atoms with Gasteiger partial charge >= 0.3 is 13.5 Å².